The standard InChI is InChI=1S/C24H24N4O5/c1-16-7-9-17(10-8-16)14-26-24(30)19-5-3-4-6-20(19)25-15-23(29)27-21-12-11-18(33-2)13-22(21)28(31)32/h3-13,25H,14-15H2,1-2H3,(H,26,30)(H,27,29). The minimum absolute atomic E-state index is 0.0525. The zero-order valence-electron chi connectivity index (χ0n) is 18.3. The van der Waals surface area contributed by atoms with Crippen LogP contribution in [0.1, 0.15) is 21.5 Å². The maximum absolute atomic E-state index is 12.7. The predicted octanol–water partition coefficient (Wildman–Crippen LogP) is 3.89. The molecule has 0 fully saturated rings. The van der Waals surface area contributed by atoms with E-state index in [2.05, 4.69) is 16.0 Å². The van der Waals surface area contributed by atoms with Gasteiger partial charge in [0.2, 0.25) is 5.91 Å². The molecular formula is C24H24N4O5. The lowest BCUT2D eigenvalue weighted by atomic mass is 10.1. The average molecular weight is 448 g/mol. The number of para-hydroxylation sites is 1. The topological polar surface area (TPSA) is 123 Å². The van der Waals surface area contributed by atoms with Crippen molar-refractivity contribution in [2.45, 2.75) is 13.5 Å². The number of carbonyl (C=O) groups is 2. The van der Waals surface area contributed by atoms with E-state index in [4.69, 9.17) is 4.74 Å². The molecule has 3 aromatic rings. The van der Waals surface area contributed by atoms with Crippen LogP contribution in [-0.4, -0.2) is 30.4 Å². The number of methoxy groups -OCH3 is 1. The summed E-state index contributed by atoms with van der Waals surface area (Å²) in [5, 5.41) is 19.6. The monoisotopic (exact) mass is 448 g/mol. The Hall–Kier alpha value is -4.40. The summed E-state index contributed by atoms with van der Waals surface area (Å²) in [6, 6.07) is 18.8. The van der Waals surface area contributed by atoms with E-state index in [1.165, 1.54) is 25.3 Å². The first-order chi connectivity index (χ1) is 15.9. The summed E-state index contributed by atoms with van der Waals surface area (Å²) < 4.78 is 4.99. The van der Waals surface area contributed by atoms with Gasteiger partial charge in [0.1, 0.15) is 11.4 Å². The molecule has 3 aromatic carbocycles. The van der Waals surface area contributed by atoms with Crippen LogP contribution >= 0.6 is 0 Å². The quantitative estimate of drug-likeness (QED) is 0.337. The van der Waals surface area contributed by atoms with Crippen molar-refractivity contribution < 1.29 is 19.2 Å². The minimum Gasteiger partial charge on any atom is -0.496 e. The molecule has 3 N–H and O–H groups in total. The van der Waals surface area contributed by atoms with Crippen molar-refractivity contribution in [3.05, 3.63) is 93.5 Å². The van der Waals surface area contributed by atoms with E-state index in [0.29, 0.717) is 23.5 Å². The van der Waals surface area contributed by atoms with Gasteiger partial charge in [0.05, 0.1) is 30.2 Å². The van der Waals surface area contributed by atoms with E-state index < -0.39 is 10.8 Å². The lowest BCUT2D eigenvalue weighted by Gasteiger charge is -2.13. The van der Waals surface area contributed by atoms with Gasteiger partial charge < -0.3 is 20.7 Å². The average Bonchev–Trinajstić information content (AvgIpc) is 2.82. The summed E-state index contributed by atoms with van der Waals surface area (Å²) in [6.07, 6.45) is 0. The zero-order valence-corrected chi connectivity index (χ0v) is 18.3. The normalized spacial score (nSPS) is 10.2. The molecule has 0 aliphatic heterocycles. The molecule has 0 saturated carbocycles. The van der Waals surface area contributed by atoms with Gasteiger partial charge in [0, 0.05) is 12.2 Å². The van der Waals surface area contributed by atoms with Crippen molar-refractivity contribution >= 4 is 28.9 Å². The molecule has 0 aliphatic carbocycles. The van der Waals surface area contributed by atoms with E-state index in [1.54, 1.807) is 24.3 Å². The smallest absolute Gasteiger partial charge is 0.296 e. The molecular weight excluding hydrogens is 424 g/mol. The van der Waals surface area contributed by atoms with Crippen LogP contribution in [0.5, 0.6) is 5.75 Å². The Morgan fingerprint density at radius 2 is 1.73 bits per heavy atom. The number of hydrogen-bond donors (Lipinski definition) is 3. The Kier molecular flexibility index (Phi) is 7.59. The van der Waals surface area contributed by atoms with Gasteiger partial charge in [0.15, 0.2) is 0 Å². The number of aryl methyl sites for hydroxylation is 1. The fraction of sp³-hybridized carbons (Fsp3) is 0.167. The highest BCUT2D eigenvalue weighted by molar-refractivity contribution is 6.01. The van der Waals surface area contributed by atoms with Crippen LogP contribution in [-0.2, 0) is 11.3 Å². The Balaban J connectivity index is 1.63. The van der Waals surface area contributed by atoms with Gasteiger partial charge in [-0.3, -0.25) is 19.7 Å². The second-order valence-electron chi connectivity index (χ2n) is 7.26. The molecule has 0 heterocycles. The SMILES string of the molecule is COc1ccc(NC(=O)CNc2ccccc2C(=O)NCc2ccc(C)cc2)c([N+](=O)[O-])c1. The molecule has 0 spiro atoms. The van der Waals surface area contributed by atoms with E-state index in [9.17, 15) is 19.7 Å². The first-order valence-corrected chi connectivity index (χ1v) is 10.2. The Labute approximate surface area is 190 Å². The molecule has 0 unspecified atom stereocenters. The summed E-state index contributed by atoms with van der Waals surface area (Å²) >= 11 is 0. The second kappa shape index (κ2) is 10.8. The molecule has 170 valence electrons. The maximum Gasteiger partial charge on any atom is 0.296 e. The van der Waals surface area contributed by atoms with Crippen molar-refractivity contribution in [1.82, 2.24) is 5.32 Å². The van der Waals surface area contributed by atoms with Gasteiger partial charge in [0.25, 0.3) is 11.6 Å². The zero-order chi connectivity index (χ0) is 23.8. The molecule has 9 nitrogen and oxygen atoms in total. The highest BCUT2D eigenvalue weighted by Crippen LogP contribution is 2.28. The number of rotatable bonds is 9. The van der Waals surface area contributed by atoms with Crippen molar-refractivity contribution in [3.63, 3.8) is 0 Å². The number of hydrogen-bond acceptors (Lipinski definition) is 6. The highest BCUT2D eigenvalue weighted by Gasteiger charge is 2.18. The first kappa shape index (κ1) is 23.3. The number of benzene rings is 3. The third-order valence-electron chi connectivity index (χ3n) is 4.86. The summed E-state index contributed by atoms with van der Waals surface area (Å²) in [5.74, 6) is -0.480. The lowest BCUT2D eigenvalue weighted by Crippen LogP contribution is -2.26. The highest BCUT2D eigenvalue weighted by atomic mass is 16.6. The molecule has 0 saturated heterocycles. The van der Waals surface area contributed by atoms with E-state index in [1.807, 2.05) is 31.2 Å². The number of nitrogens with zero attached hydrogens (tertiary/aromatic N) is 1. The van der Waals surface area contributed by atoms with Crippen LogP contribution in [0.15, 0.2) is 66.7 Å². The second-order valence-corrected chi connectivity index (χ2v) is 7.26. The van der Waals surface area contributed by atoms with Gasteiger partial charge in [-0.2, -0.15) is 0 Å². The molecule has 9 heteroatoms. The minimum atomic E-state index is -0.598. The van der Waals surface area contributed by atoms with Crippen molar-refractivity contribution in [2.24, 2.45) is 0 Å². The van der Waals surface area contributed by atoms with Crippen molar-refractivity contribution in [2.75, 3.05) is 24.3 Å². The van der Waals surface area contributed by atoms with Crippen LogP contribution in [0.25, 0.3) is 0 Å². The molecule has 2 amide bonds. The van der Waals surface area contributed by atoms with Crippen molar-refractivity contribution in [3.8, 4) is 5.75 Å². The Morgan fingerprint density at radius 1 is 1.00 bits per heavy atom. The number of ether oxygens (including phenoxy) is 1. The van der Waals surface area contributed by atoms with Gasteiger partial charge in [-0.1, -0.05) is 42.0 Å². The first-order valence-electron chi connectivity index (χ1n) is 10.2. The maximum atomic E-state index is 12.7. The van der Waals surface area contributed by atoms with Gasteiger partial charge >= 0.3 is 0 Å². The summed E-state index contributed by atoms with van der Waals surface area (Å²) in [5.41, 5.74) is 2.74. The number of nitro benzene ring substituents is 1. The third-order valence-corrected chi connectivity index (χ3v) is 4.86. The number of nitro groups is 1. The van der Waals surface area contributed by atoms with Gasteiger partial charge in [-0.25, -0.2) is 0 Å². The van der Waals surface area contributed by atoms with E-state index in [0.717, 1.165) is 11.1 Å². The largest absolute Gasteiger partial charge is 0.496 e. The summed E-state index contributed by atoms with van der Waals surface area (Å²) in [7, 11) is 1.40. The van der Waals surface area contributed by atoms with E-state index >= 15 is 0 Å². The molecule has 0 aliphatic rings. The third kappa shape index (κ3) is 6.30. The van der Waals surface area contributed by atoms with Crippen LogP contribution in [0.3, 0.4) is 0 Å². The number of amides is 2. The van der Waals surface area contributed by atoms with Crippen LogP contribution in [0.4, 0.5) is 17.1 Å². The molecule has 0 aromatic heterocycles. The number of nitrogens with one attached hydrogen (secondary N) is 3. The molecule has 0 radical (unpaired) electrons. The van der Waals surface area contributed by atoms with Crippen LogP contribution < -0.4 is 20.7 Å². The fourth-order valence-corrected chi connectivity index (χ4v) is 3.08. The van der Waals surface area contributed by atoms with Gasteiger partial charge in [-0.15, -0.1) is 0 Å². The Bertz CT molecular complexity index is 1160. The fourth-order valence-electron chi connectivity index (χ4n) is 3.08. The molecule has 3 rings (SSSR count). The van der Waals surface area contributed by atoms with Crippen molar-refractivity contribution in [1.29, 1.82) is 0 Å². The Morgan fingerprint density at radius 3 is 2.42 bits per heavy atom. The predicted molar refractivity (Wildman–Crippen MR) is 126 cm³/mol. The summed E-state index contributed by atoms with van der Waals surface area (Å²) in [4.78, 5) is 35.8. The van der Waals surface area contributed by atoms with Gasteiger partial charge in [-0.05, 0) is 36.8 Å². The van der Waals surface area contributed by atoms with E-state index in [-0.39, 0.29) is 23.8 Å². The molecule has 0 bridgehead atoms. The number of anilines is 2. The van der Waals surface area contributed by atoms with Crippen LogP contribution in [0, 0.1) is 17.0 Å². The molecule has 0 atom stereocenters. The summed E-state index contributed by atoms with van der Waals surface area (Å²) in [6.45, 7) is 2.17. The number of carbonyl (C=O) groups excluding carboxylic acids is 2. The molecule has 33 heavy (non-hydrogen) atoms. The lowest BCUT2D eigenvalue weighted by molar-refractivity contribution is -0.384. The van der Waals surface area contributed by atoms with Crippen LogP contribution in [0.2, 0.25) is 0 Å².